The Labute approximate surface area is 86.0 Å². The summed E-state index contributed by atoms with van der Waals surface area (Å²) >= 11 is 0. The van der Waals surface area contributed by atoms with Crippen molar-refractivity contribution in [3.63, 3.8) is 0 Å². The van der Waals surface area contributed by atoms with Crippen LogP contribution in [0.4, 0.5) is 0 Å². The predicted molar refractivity (Wildman–Crippen MR) is 63.3 cm³/mol. The lowest BCUT2D eigenvalue weighted by molar-refractivity contribution is 0.261. The van der Waals surface area contributed by atoms with Gasteiger partial charge in [-0.2, -0.15) is 0 Å². The van der Waals surface area contributed by atoms with Crippen molar-refractivity contribution in [1.29, 1.82) is 0 Å². The van der Waals surface area contributed by atoms with Crippen molar-refractivity contribution in [3.8, 4) is 0 Å². The second kappa shape index (κ2) is 10.0. The first-order chi connectivity index (χ1) is 6.35. The van der Waals surface area contributed by atoms with Gasteiger partial charge in [0.1, 0.15) is 0 Å². The molecule has 0 rings (SSSR count). The van der Waals surface area contributed by atoms with Gasteiger partial charge >= 0.3 is 0 Å². The molecular weight excluding hydrogens is 158 g/mol. The number of hydrogen-bond donors (Lipinski definition) is 0. The quantitative estimate of drug-likeness (QED) is 0.528. The van der Waals surface area contributed by atoms with Crippen LogP contribution in [0.3, 0.4) is 0 Å². The minimum atomic E-state index is 0. The van der Waals surface area contributed by atoms with Crippen LogP contribution in [-0.4, -0.2) is 24.5 Å². The first-order valence-electron chi connectivity index (χ1n) is 6.07. The van der Waals surface area contributed by atoms with Crippen LogP contribution >= 0.6 is 0 Å². The minimum Gasteiger partial charge on any atom is -0.303 e. The highest BCUT2D eigenvalue weighted by molar-refractivity contribution is 4.57. The topological polar surface area (TPSA) is 3.24 Å². The van der Waals surface area contributed by atoms with E-state index in [9.17, 15) is 0 Å². The summed E-state index contributed by atoms with van der Waals surface area (Å²) in [6.07, 6.45) is 8.09. The molecule has 0 heterocycles. The van der Waals surface area contributed by atoms with Crippen LogP contribution in [-0.2, 0) is 0 Å². The first kappa shape index (κ1) is 13.0. The lowest BCUT2D eigenvalue weighted by Gasteiger charge is -2.21. The van der Waals surface area contributed by atoms with Crippen molar-refractivity contribution < 1.29 is 1.43 Å². The lowest BCUT2D eigenvalue weighted by Crippen LogP contribution is -2.27. The van der Waals surface area contributed by atoms with Crippen LogP contribution in [0.15, 0.2) is 0 Å². The fourth-order valence-electron chi connectivity index (χ4n) is 1.48. The predicted octanol–water partition coefficient (Wildman–Crippen LogP) is 3.93. The van der Waals surface area contributed by atoms with Gasteiger partial charge in [-0.05, 0) is 38.9 Å². The zero-order chi connectivity index (χ0) is 9.94. The molecule has 0 spiro atoms. The Morgan fingerprint density at radius 1 is 0.692 bits per heavy atom. The number of hydrogen-bond acceptors (Lipinski definition) is 1. The largest absolute Gasteiger partial charge is 0.303 e. The van der Waals surface area contributed by atoms with Crippen LogP contribution < -0.4 is 0 Å². The van der Waals surface area contributed by atoms with Gasteiger partial charge in [-0.3, -0.25) is 0 Å². The zero-order valence-corrected chi connectivity index (χ0v) is 9.81. The summed E-state index contributed by atoms with van der Waals surface area (Å²) in [6.45, 7) is 10.8. The SMILES string of the molecule is CCCCN(CCCC)CCCC.[HH]. The average molecular weight is 187 g/mol. The summed E-state index contributed by atoms with van der Waals surface area (Å²) in [5.74, 6) is 0. The smallest absolute Gasteiger partial charge is 0 e. The maximum atomic E-state index is 2.64. The van der Waals surface area contributed by atoms with Crippen molar-refractivity contribution in [2.24, 2.45) is 0 Å². The highest BCUT2D eigenvalue weighted by atomic mass is 15.1. The third kappa shape index (κ3) is 8.29. The average Bonchev–Trinajstić information content (AvgIpc) is 2.17. The molecule has 1 heteroatoms. The Balaban J connectivity index is 0. The van der Waals surface area contributed by atoms with E-state index in [0.29, 0.717) is 0 Å². The highest BCUT2D eigenvalue weighted by Gasteiger charge is 2.01. The molecule has 0 saturated carbocycles. The molecule has 0 aromatic rings. The molecule has 0 atom stereocenters. The fraction of sp³-hybridized carbons (Fsp3) is 1.00. The summed E-state index contributed by atoms with van der Waals surface area (Å²) in [6, 6.07) is 0. The molecule has 0 amide bonds. The Hall–Kier alpha value is -0.0400. The van der Waals surface area contributed by atoms with E-state index in [4.69, 9.17) is 0 Å². The molecule has 0 N–H and O–H groups in total. The van der Waals surface area contributed by atoms with E-state index in [0.717, 1.165) is 0 Å². The van der Waals surface area contributed by atoms with E-state index in [1.165, 1.54) is 58.2 Å². The number of nitrogens with zero attached hydrogens (tertiary/aromatic N) is 1. The van der Waals surface area contributed by atoms with Crippen molar-refractivity contribution in [3.05, 3.63) is 0 Å². The van der Waals surface area contributed by atoms with Crippen molar-refractivity contribution in [2.75, 3.05) is 19.6 Å². The first-order valence-corrected chi connectivity index (χ1v) is 6.07. The van der Waals surface area contributed by atoms with Gasteiger partial charge in [0.15, 0.2) is 0 Å². The van der Waals surface area contributed by atoms with Crippen molar-refractivity contribution in [1.82, 2.24) is 4.90 Å². The van der Waals surface area contributed by atoms with E-state index in [1.54, 1.807) is 0 Å². The molecule has 1 nitrogen and oxygen atoms in total. The molecular formula is C12H29N. The number of unbranched alkanes of at least 4 members (excludes halogenated alkanes) is 3. The van der Waals surface area contributed by atoms with Gasteiger partial charge < -0.3 is 4.90 Å². The van der Waals surface area contributed by atoms with Crippen molar-refractivity contribution >= 4 is 0 Å². The molecule has 0 aliphatic heterocycles. The molecule has 0 aromatic carbocycles. The molecule has 0 aromatic heterocycles. The van der Waals surface area contributed by atoms with Gasteiger partial charge in [-0.25, -0.2) is 0 Å². The summed E-state index contributed by atoms with van der Waals surface area (Å²) in [5, 5.41) is 0. The monoisotopic (exact) mass is 187 g/mol. The van der Waals surface area contributed by atoms with Gasteiger partial charge in [0, 0.05) is 1.43 Å². The molecule has 82 valence electrons. The Bertz CT molecular complexity index is 77.3. The highest BCUT2D eigenvalue weighted by Crippen LogP contribution is 2.01. The lowest BCUT2D eigenvalue weighted by atomic mass is 10.2. The van der Waals surface area contributed by atoms with Crippen LogP contribution in [0, 0.1) is 0 Å². The Kier molecular flexibility index (Phi) is 10.0. The van der Waals surface area contributed by atoms with Crippen LogP contribution in [0.5, 0.6) is 0 Å². The normalized spacial score (nSPS) is 11.1. The molecule has 0 aliphatic carbocycles. The summed E-state index contributed by atoms with van der Waals surface area (Å²) < 4.78 is 0. The van der Waals surface area contributed by atoms with Crippen LogP contribution in [0.1, 0.15) is 60.7 Å². The third-order valence-electron chi connectivity index (χ3n) is 2.48. The standard InChI is InChI=1S/C12H27N.H2/c1-4-7-10-13(11-8-5-2)12-9-6-3;/h4-12H2,1-3H3;1H. The third-order valence-corrected chi connectivity index (χ3v) is 2.48. The molecule has 0 unspecified atom stereocenters. The van der Waals surface area contributed by atoms with Crippen molar-refractivity contribution in [2.45, 2.75) is 59.3 Å². The van der Waals surface area contributed by atoms with Gasteiger partial charge in [0.2, 0.25) is 0 Å². The molecule has 0 saturated heterocycles. The number of rotatable bonds is 9. The van der Waals surface area contributed by atoms with Gasteiger partial charge in [-0.15, -0.1) is 0 Å². The zero-order valence-electron chi connectivity index (χ0n) is 9.81. The van der Waals surface area contributed by atoms with Gasteiger partial charge in [-0.1, -0.05) is 40.0 Å². The fourth-order valence-corrected chi connectivity index (χ4v) is 1.48. The minimum absolute atomic E-state index is 0. The molecule has 0 bridgehead atoms. The van der Waals surface area contributed by atoms with Crippen LogP contribution in [0.25, 0.3) is 0 Å². The summed E-state index contributed by atoms with van der Waals surface area (Å²) in [5.41, 5.74) is 0. The van der Waals surface area contributed by atoms with E-state index in [-0.39, 0.29) is 1.43 Å². The molecule has 13 heavy (non-hydrogen) atoms. The van der Waals surface area contributed by atoms with E-state index >= 15 is 0 Å². The van der Waals surface area contributed by atoms with Crippen LogP contribution in [0.2, 0.25) is 0 Å². The Morgan fingerprint density at radius 3 is 1.23 bits per heavy atom. The summed E-state index contributed by atoms with van der Waals surface area (Å²) in [4.78, 5) is 2.64. The second-order valence-corrected chi connectivity index (χ2v) is 3.90. The van der Waals surface area contributed by atoms with Gasteiger partial charge in [0.25, 0.3) is 0 Å². The molecule has 0 fully saturated rings. The second-order valence-electron chi connectivity index (χ2n) is 3.90. The Morgan fingerprint density at radius 2 is 1.00 bits per heavy atom. The summed E-state index contributed by atoms with van der Waals surface area (Å²) in [7, 11) is 0. The maximum Gasteiger partial charge on any atom is 0 e. The maximum absolute atomic E-state index is 2.64. The van der Waals surface area contributed by atoms with E-state index in [1.807, 2.05) is 0 Å². The van der Waals surface area contributed by atoms with Gasteiger partial charge in [0.05, 0.1) is 0 Å². The molecule has 0 radical (unpaired) electrons. The van der Waals surface area contributed by atoms with E-state index < -0.39 is 0 Å². The van der Waals surface area contributed by atoms with E-state index in [2.05, 4.69) is 25.7 Å². The molecule has 0 aliphatic rings.